The molecule has 3 heterocycles. The Hall–Kier alpha value is -3.04. The van der Waals surface area contributed by atoms with E-state index in [2.05, 4.69) is 10.0 Å². The minimum atomic E-state index is -0.407. The molecule has 1 aromatic heterocycles. The normalized spacial score (nSPS) is 21.1. The van der Waals surface area contributed by atoms with Crippen molar-refractivity contribution in [2.45, 2.75) is 38.1 Å². The summed E-state index contributed by atoms with van der Waals surface area (Å²) in [7, 11) is 0. The Bertz CT molecular complexity index is 1060. The third-order valence-corrected chi connectivity index (χ3v) is 7.35. The number of hydrogen-bond acceptors (Lipinski definition) is 6. The van der Waals surface area contributed by atoms with Crippen molar-refractivity contribution in [1.82, 2.24) is 14.8 Å². The lowest BCUT2D eigenvalue weighted by atomic mass is 10.0. The van der Waals surface area contributed by atoms with Gasteiger partial charge in [-0.25, -0.2) is 9.40 Å². The molecule has 1 aromatic carbocycles. The average Bonchev–Trinajstić information content (AvgIpc) is 3.68. The predicted molar refractivity (Wildman–Crippen MR) is 132 cm³/mol. The topological polar surface area (TPSA) is 78.6 Å². The third kappa shape index (κ3) is 5.68. The van der Waals surface area contributed by atoms with Crippen LogP contribution >= 0.6 is 0 Å². The summed E-state index contributed by atoms with van der Waals surface area (Å²) in [5.74, 6) is 0.105. The van der Waals surface area contributed by atoms with Crippen molar-refractivity contribution in [3.8, 4) is 0 Å². The summed E-state index contributed by atoms with van der Waals surface area (Å²) in [4.78, 5) is 31.1. The number of hydrazone groups is 1. The van der Waals surface area contributed by atoms with E-state index in [4.69, 9.17) is 9.15 Å². The quantitative estimate of drug-likeness (QED) is 0.560. The van der Waals surface area contributed by atoms with Crippen molar-refractivity contribution in [2.24, 2.45) is 11.0 Å². The molecule has 2 amide bonds. The molecule has 0 radical (unpaired) electrons. The first-order valence-corrected chi connectivity index (χ1v) is 12.9. The standard InChI is InChI=1S/C27H33FN4O4/c28-22-9-7-20(8-10-22)23-18-24(25-6-3-15-36-25)32(29-23)26(33)19-31(27(34)21-4-1-2-5-21)12-11-30-13-16-35-17-14-30/h3,6-10,15,21,24H,1-2,4-5,11-14,16-19H2/t24-/m0/s1. The van der Waals surface area contributed by atoms with Crippen molar-refractivity contribution in [3.63, 3.8) is 0 Å². The summed E-state index contributed by atoms with van der Waals surface area (Å²) < 4.78 is 24.5. The van der Waals surface area contributed by atoms with E-state index in [-0.39, 0.29) is 30.1 Å². The van der Waals surface area contributed by atoms with E-state index in [1.165, 1.54) is 17.1 Å². The maximum absolute atomic E-state index is 13.7. The zero-order valence-corrected chi connectivity index (χ0v) is 20.5. The van der Waals surface area contributed by atoms with Gasteiger partial charge in [-0.3, -0.25) is 14.5 Å². The molecule has 1 saturated carbocycles. The molecule has 1 saturated heterocycles. The average molecular weight is 497 g/mol. The first-order chi connectivity index (χ1) is 17.6. The smallest absolute Gasteiger partial charge is 0.262 e. The summed E-state index contributed by atoms with van der Waals surface area (Å²) in [5, 5.41) is 6.08. The fraction of sp³-hybridized carbons (Fsp3) is 0.519. The van der Waals surface area contributed by atoms with Crippen LogP contribution in [0.5, 0.6) is 0 Å². The molecule has 5 rings (SSSR count). The van der Waals surface area contributed by atoms with E-state index in [1.54, 1.807) is 29.4 Å². The van der Waals surface area contributed by atoms with Crippen LogP contribution in [0.4, 0.5) is 4.39 Å². The van der Waals surface area contributed by atoms with Gasteiger partial charge in [0.15, 0.2) is 0 Å². The predicted octanol–water partition coefficient (Wildman–Crippen LogP) is 3.45. The van der Waals surface area contributed by atoms with Crippen molar-refractivity contribution >= 4 is 17.5 Å². The number of amides is 2. The van der Waals surface area contributed by atoms with Crippen molar-refractivity contribution in [2.75, 3.05) is 45.9 Å². The highest BCUT2D eigenvalue weighted by Gasteiger charge is 2.37. The monoisotopic (exact) mass is 496 g/mol. The molecule has 0 N–H and O–H groups in total. The van der Waals surface area contributed by atoms with Crippen molar-refractivity contribution in [3.05, 3.63) is 59.8 Å². The molecular formula is C27H33FN4O4. The lowest BCUT2D eigenvalue weighted by Crippen LogP contribution is -2.47. The SMILES string of the molecule is O=C(C1CCCC1)N(CCN1CCOCC1)CC(=O)N1N=C(c2ccc(F)cc2)C[C@H]1c1ccco1. The van der Waals surface area contributed by atoms with Crippen LogP contribution in [-0.2, 0) is 14.3 Å². The Morgan fingerprint density at radius 2 is 1.83 bits per heavy atom. The molecule has 2 fully saturated rings. The number of halogens is 1. The van der Waals surface area contributed by atoms with E-state index in [0.717, 1.165) is 44.3 Å². The minimum Gasteiger partial charge on any atom is -0.467 e. The van der Waals surface area contributed by atoms with Gasteiger partial charge in [0.1, 0.15) is 24.2 Å². The molecule has 1 atom stereocenters. The van der Waals surface area contributed by atoms with Crippen molar-refractivity contribution in [1.29, 1.82) is 0 Å². The Morgan fingerprint density at radius 1 is 1.08 bits per heavy atom. The molecule has 1 aliphatic carbocycles. The van der Waals surface area contributed by atoms with Crippen LogP contribution in [0.1, 0.15) is 49.5 Å². The van der Waals surface area contributed by atoms with Crippen molar-refractivity contribution < 1.29 is 23.1 Å². The van der Waals surface area contributed by atoms with E-state index >= 15 is 0 Å². The Morgan fingerprint density at radius 3 is 2.53 bits per heavy atom. The van der Waals surface area contributed by atoms with Crippen LogP contribution in [0.15, 0.2) is 52.2 Å². The minimum absolute atomic E-state index is 0.0137. The van der Waals surface area contributed by atoms with Gasteiger partial charge in [0.05, 0.1) is 25.2 Å². The van der Waals surface area contributed by atoms with E-state index in [9.17, 15) is 14.0 Å². The van der Waals surface area contributed by atoms with Crippen LogP contribution < -0.4 is 0 Å². The van der Waals surface area contributed by atoms with Crippen LogP contribution in [0.25, 0.3) is 0 Å². The van der Waals surface area contributed by atoms with Crippen LogP contribution in [0.3, 0.4) is 0 Å². The highest BCUT2D eigenvalue weighted by Crippen LogP contribution is 2.33. The third-order valence-electron chi connectivity index (χ3n) is 7.35. The number of hydrogen-bond donors (Lipinski definition) is 0. The molecule has 9 heteroatoms. The van der Waals surface area contributed by atoms with Gasteiger partial charge in [-0.15, -0.1) is 0 Å². The number of nitrogens with zero attached hydrogens (tertiary/aromatic N) is 4. The fourth-order valence-electron chi connectivity index (χ4n) is 5.28. The Kier molecular flexibility index (Phi) is 7.77. The molecule has 8 nitrogen and oxygen atoms in total. The molecule has 0 unspecified atom stereocenters. The number of rotatable bonds is 8. The second-order valence-corrected chi connectivity index (χ2v) is 9.72. The van der Waals surface area contributed by atoms with E-state index < -0.39 is 6.04 Å². The van der Waals surface area contributed by atoms with E-state index in [1.807, 2.05) is 6.07 Å². The summed E-state index contributed by atoms with van der Waals surface area (Å²) >= 11 is 0. The molecule has 3 aliphatic rings. The van der Waals surface area contributed by atoms with Crippen LogP contribution in [0, 0.1) is 11.7 Å². The number of furan rings is 1. The number of carbonyl (C=O) groups excluding carboxylic acids is 2. The maximum atomic E-state index is 13.7. The summed E-state index contributed by atoms with van der Waals surface area (Å²) in [6, 6.07) is 9.31. The number of carbonyl (C=O) groups is 2. The highest BCUT2D eigenvalue weighted by molar-refractivity contribution is 6.03. The zero-order valence-electron chi connectivity index (χ0n) is 20.5. The highest BCUT2D eigenvalue weighted by atomic mass is 19.1. The summed E-state index contributed by atoms with van der Waals surface area (Å²) in [6.07, 6.45) is 5.90. The number of benzene rings is 1. The molecular weight excluding hydrogens is 463 g/mol. The molecule has 192 valence electrons. The molecule has 0 bridgehead atoms. The van der Waals surface area contributed by atoms with Gasteiger partial charge in [0.2, 0.25) is 5.91 Å². The second-order valence-electron chi connectivity index (χ2n) is 9.72. The second kappa shape index (κ2) is 11.3. The van der Waals surface area contributed by atoms with Gasteiger partial charge in [-0.1, -0.05) is 25.0 Å². The first kappa shape index (κ1) is 24.6. The molecule has 2 aliphatic heterocycles. The van der Waals surface area contributed by atoms with Gasteiger partial charge < -0.3 is 14.1 Å². The molecule has 36 heavy (non-hydrogen) atoms. The number of ether oxygens (including phenoxy) is 1. The zero-order chi connectivity index (χ0) is 24.9. The van der Waals surface area contributed by atoms with Crippen LogP contribution in [0.2, 0.25) is 0 Å². The summed E-state index contributed by atoms with van der Waals surface area (Å²) in [6.45, 7) is 4.21. The van der Waals surface area contributed by atoms with Gasteiger partial charge in [0, 0.05) is 38.5 Å². The Labute approximate surface area is 210 Å². The maximum Gasteiger partial charge on any atom is 0.262 e. The Balaban J connectivity index is 1.34. The van der Waals surface area contributed by atoms with Gasteiger partial charge in [-0.05, 0) is 42.7 Å². The summed E-state index contributed by atoms with van der Waals surface area (Å²) in [5.41, 5.74) is 1.45. The van der Waals surface area contributed by atoms with Gasteiger partial charge in [-0.2, -0.15) is 5.10 Å². The van der Waals surface area contributed by atoms with Gasteiger partial charge in [0.25, 0.3) is 5.91 Å². The molecule has 0 spiro atoms. The van der Waals surface area contributed by atoms with Crippen LogP contribution in [-0.4, -0.2) is 78.3 Å². The molecule has 2 aromatic rings. The fourth-order valence-corrected chi connectivity index (χ4v) is 5.28. The van der Waals surface area contributed by atoms with E-state index in [0.29, 0.717) is 44.2 Å². The van der Waals surface area contributed by atoms with Gasteiger partial charge >= 0.3 is 0 Å². The lowest BCUT2D eigenvalue weighted by Gasteiger charge is -2.32. The number of morpholine rings is 1. The first-order valence-electron chi connectivity index (χ1n) is 12.9. The lowest BCUT2D eigenvalue weighted by molar-refractivity contribution is -0.144. The largest absolute Gasteiger partial charge is 0.467 e.